The van der Waals surface area contributed by atoms with Crippen LogP contribution in [0.15, 0.2) is 41.3 Å². The van der Waals surface area contributed by atoms with Crippen molar-refractivity contribution in [2.24, 2.45) is 0 Å². The van der Waals surface area contributed by atoms with E-state index in [-0.39, 0.29) is 21.2 Å². The van der Waals surface area contributed by atoms with Gasteiger partial charge in [-0.2, -0.15) is 8.70 Å². The van der Waals surface area contributed by atoms with Crippen LogP contribution in [-0.2, 0) is 19.6 Å². The Morgan fingerprint density at radius 2 is 1.85 bits per heavy atom. The molecule has 0 bridgehead atoms. The van der Waals surface area contributed by atoms with Gasteiger partial charge in [-0.15, -0.1) is 0 Å². The Balaban J connectivity index is 1.67. The SMILES string of the molecule is O=C(COC(=O)c1ccc(Cl)c(S(=O)(=O)N2CCCCC2)c1)Nc1ccc(F)c([N+](=O)[O-])c1. The molecule has 1 heterocycles. The number of carbonyl (C=O) groups excluding carboxylic acids is 2. The Morgan fingerprint density at radius 1 is 1.15 bits per heavy atom. The summed E-state index contributed by atoms with van der Waals surface area (Å²) in [6, 6.07) is 6.37. The van der Waals surface area contributed by atoms with Crippen LogP contribution in [0.5, 0.6) is 0 Å². The molecule has 1 amide bonds. The third-order valence-electron chi connectivity index (χ3n) is 4.86. The zero-order valence-corrected chi connectivity index (χ0v) is 18.7. The molecule has 0 radical (unpaired) electrons. The number of nitrogens with one attached hydrogen (secondary N) is 1. The van der Waals surface area contributed by atoms with Gasteiger partial charge in [-0.3, -0.25) is 14.9 Å². The molecule has 0 aromatic heterocycles. The Kier molecular flexibility index (Phi) is 7.61. The molecule has 10 nitrogen and oxygen atoms in total. The van der Waals surface area contributed by atoms with Crippen molar-refractivity contribution in [3.8, 4) is 0 Å². The highest BCUT2D eigenvalue weighted by atomic mass is 35.5. The quantitative estimate of drug-likeness (QED) is 0.350. The number of nitrogens with zero attached hydrogens (tertiary/aromatic N) is 2. The Morgan fingerprint density at radius 3 is 2.52 bits per heavy atom. The van der Waals surface area contributed by atoms with Gasteiger partial charge in [0.25, 0.3) is 5.91 Å². The predicted octanol–water partition coefficient (Wildman–Crippen LogP) is 3.36. The number of sulfonamides is 1. The van der Waals surface area contributed by atoms with E-state index in [4.69, 9.17) is 16.3 Å². The van der Waals surface area contributed by atoms with E-state index in [2.05, 4.69) is 5.32 Å². The van der Waals surface area contributed by atoms with Gasteiger partial charge in [-0.1, -0.05) is 18.0 Å². The molecule has 1 aliphatic heterocycles. The molecule has 13 heteroatoms. The number of halogens is 2. The summed E-state index contributed by atoms with van der Waals surface area (Å²) in [6.07, 6.45) is 2.38. The molecule has 0 atom stereocenters. The molecule has 1 N–H and O–H groups in total. The van der Waals surface area contributed by atoms with E-state index in [0.29, 0.717) is 13.1 Å². The number of hydrogen-bond donors (Lipinski definition) is 1. The fourth-order valence-corrected chi connectivity index (χ4v) is 5.23. The Labute approximate surface area is 193 Å². The summed E-state index contributed by atoms with van der Waals surface area (Å²) in [5.41, 5.74) is -1.01. The molecule has 0 unspecified atom stereocenters. The van der Waals surface area contributed by atoms with Crippen molar-refractivity contribution >= 4 is 44.9 Å². The van der Waals surface area contributed by atoms with Gasteiger partial charge in [0.2, 0.25) is 15.8 Å². The summed E-state index contributed by atoms with van der Waals surface area (Å²) in [6.45, 7) is -0.0506. The largest absolute Gasteiger partial charge is 0.452 e. The summed E-state index contributed by atoms with van der Waals surface area (Å²) in [5.74, 6) is -2.87. The minimum absolute atomic E-state index is 0.0484. The van der Waals surface area contributed by atoms with Gasteiger partial charge in [-0.25, -0.2) is 13.2 Å². The highest BCUT2D eigenvalue weighted by molar-refractivity contribution is 7.89. The summed E-state index contributed by atoms with van der Waals surface area (Å²) in [5, 5.41) is 13.0. The van der Waals surface area contributed by atoms with Gasteiger partial charge in [0, 0.05) is 24.8 Å². The summed E-state index contributed by atoms with van der Waals surface area (Å²) in [4.78, 5) is 34.0. The zero-order chi connectivity index (χ0) is 24.2. The molecular formula is C20H19ClFN3O7S. The first-order valence-corrected chi connectivity index (χ1v) is 11.6. The van der Waals surface area contributed by atoms with Crippen molar-refractivity contribution in [3.05, 3.63) is 62.9 Å². The van der Waals surface area contributed by atoms with E-state index in [1.165, 1.54) is 16.4 Å². The van der Waals surface area contributed by atoms with Crippen molar-refractivity contribution in [1.29, 1.82) is 0 Å². The third kappa shape index (κ3) is 5.83. The highest BCUT2D eigenvalue weighted by Crippen LogP contribution is 2.28. The number of piperidine rings is 1. The summed E-state index contributed by atoms with van der Waals surface area (Å²) >= 11 is 6.07. The van der Waals surface area contributed by atoms with Crippen LogP contribution < -0.4 is 5.32 Å². The molecule has 1 fully saturated rings. The second kappa shape index (κ2) is 10.2. The monoisotopic (exact) mass is 499 g/mol. The number of carbonyl (C=O) groups is 2. The molecule has 2 aromatic rings. The maximum absolute atomic E-state index is 13.4. The van der Waals surface area contributed by atoms with Crippen LogP contribution in [0.3, 0.4) is 0 Å². The lowest BCUT2D eigenvalue weighted by molar-refractivity contribution is -0.387. The number of rotatable bonds is 7. The molecule has 0 saturated carbocycles. The highest BCUT2D eigenvalue weighted by Gasteiger charge is 2.29. The second-order valence-electron chi connectivity index (χ2n) is 7.16. The van der Waals surface area contributed by atoms with Gasteiger partial charge < -0.3 is 10.1 Å². The fraction of sp³-hybridized carbons (Fsp3) is 0.300. The number of nitro benzene ring substituents is 1. The van der Waals surface area contributed by atoms with Crippen molar-refractivity contribution in [3.63, 3.8) is 0 Å². The topological polar surface area (TPSA) is 136 Å². The van der Waals surface area contributed by atoms with Gasteiger partial charge in [-0.05, 0) is 43.2 Å². The average Bonchev–Trinajstić information content (AvgIpc) is 2.79. The van der Waals surface area contributed by atoms with Crippen molar-refractivity contribution < 1.29 is 32.1 Å². The van der Waals surface area contributed by atoms with E-state index in [1.807, 2.05) is 0 Å². The number of amides is 1. The second-order valence-corrected chi connectivity index (χ2v) is 9.47. The smallest absolute Gasteiger partial charge is 0.338 e. The van der Waals surface area contributed by atoms with E-state index < -0.39 is 44.9 Å². The first-order chi connectivity index (χ1) is 15.6. The number of ether oxygens (including phenoxy) is 1. The maximum Gasteiger partial charge on any atom is 0.338 e. The first-order valence-electron chi connectivity index (χ1n) is 9.80. The molecule has 0 aliphatic carbocycles. The van der Waals surface area contributed by atoms with Crippen molar-refractivity contribution in [1.82, 2.24) is 4.31 Å². The number of anilines is 1. The van der Waals surface area contributed by atoms with Crippen LogP contribution in [0.4, 0.5) is 15.8 Å². The lowest BCUT2D eigenvalue weighted by atomic mass is 10.2. The third-order valence-corrected chi connectivity index (χ3v) is 7.24. The van der Waals surface area contributed by atoms with E-state index in [1.54, 1.807) is 0 Å². The first kappa shape index (κ1) is 24.6. The predicted molar refractivity (Wildman–Crippen MR) is 116 cm³/mol. The summed E-state index contributed by atoms with van der Waals surface area (Å²) in [7, 11) is -3.91. The maximum atomic E-state index is 13.4. The number of nitro groups is 1. The zero-order valence-electron chi connectivity index (χ0n) is 17.1. The number of hydrogen-bond acceptors (Lipinski definition) is 7. The van der Waals surface area contributed by atoms with Crippen LogP contribution in [0.25, 0.3) is 0 Å². The molecular weight excluding hydrogens is 481 g/mol. The van der Waals surface area contributed by atoms with E-state index >= 15 is 0 Å². The Hall–Kier alpha value is -3.09. The minimum atomic E-state index is -3.91. The van der Waals surface area contributed by atoms with Crippen LogP contribution in [-0.4, -0.2) is 49.2 Å². The fourth-order valence-electron chi connectivity index (χ4n) is 3.21. The van der Waals surface area contributed by atoms with E-state index in [9.17, 15) is 32.5 Å². The molecule has 1 aliphatic rings. The normalized spacial score (nSPS) is 14.5. The Bertz CT molecular complexity index is 1200. The molecule has 33 heavy (non-hydrogen) atoms. The molecule has 0 spiro atoms. The van der Waals surface area contributed by atoms with Crippen molar-refractivity contribution in [2.45, 2.75) is 24.2 Å². The molecule has 3 rings (SSSR count). The van der Waals surface area contributed by atoms with Crippen LogP contribution >= 0.6 is 11.6 Å². The minimum Gasteiger partial charge on any atom is -0.452 e. The standard InChI is InChI=1S/C20H19ClFN3O7S/c21-15-6-4-13(10-18(15)33(30,31)24-8-2-1-3-9-24)20(27)32-12-19(26)23-14-5-7-16(22)17(11-14)25(28)29/h4-7,10-11H,1-3,8-9,12H2,(H,23,26). The molecule has 176 valence electrons. The lowest BCUT2D eigenvalue weighted by Crippen LogP contribution is -2.35. The number of esters is 1. The van der Waals surface area contributed by atoms with Crippen molar-refractivity contribution in [2.75, 3.05) is 25.0 Å². The average molecular weight is 500 g/mol. The van der Waals surface area contributed by atoms with Crippen LogP contribution in [0, 0.1) is 15.9 Å². The van der Waals surface area contributed by atoms with Gasteiger partial charge in [0.05, 0.1) is 15.5 Å². The van der Waals surface area contributed by atoms with Gasteiger partial charge in [0.1, 0.15) is 4.90 Å². The molecule has 1 saturated heterocycles. The van der Waals surface area contributed by atoms with Crippen LogP contribution in [0.1, 0.15) is 29.6 Å². The summed E-state index contributed by atoms with van der Waals surface area (Å²) < 4.78 is 45.4. The molecule has 2 aromatic carbocycles. The van der Waals surface area contributed by atoms with Gasteiger partial charge >= 0.3 is 11.7 Å². The van der Waals surface area contributed by atoms with E-state index in [0.717, 1.165) is 43.5 Å². The van der Waals surface area contributed by atoms with Gasteiger partial charge in [0.15, 0.2) is 6.61 Å². The number of benzene rings is 2. The lowest BCUT2D eigenvalue weighted by Gasteiger charge is -2.26. The van der Waals surface area contributed by atoms with Crippen LogP contribution in [0.2, 0.25) is 5.02 Å².